The molecule has 1 amide bonds. The number of rotatable bonds is 6. The van der Waals surface area contributed by atoms with Crippen molar-refractivity contribution in [1.29, 1.82) is 0 Å². The number of carbonyl (C=O) groups excluding carboxylic acids is 1. The number of amides is 1. The van der Waals surface area contributed by atoms with Gasteiger partial charge in [-0.25, -0.2) is 4.98 Å². The van der Waals surface area contributed by atoms with E-state index in [2.05, 4.69) is 20.3 Å². The van der Waals surface area contributed by atoms with Crippen LogP contribution in [0.5, 0.6) is 0 Å². The summed E-state index contributed by atoms with van der Waals surface area (Å²) < 4.78 is 14.0. The van der Waals surface area contributed by atoms with Crippen molar-refractivity contribution in [2.45, 2.75) is 82.2 Å². The fourth-order valence-electron chi connectivity index (χ4n) is 4.67. The van der Waals surface area contributed by atoms with Crippen LogP contribution in [0.3, 0.4) is 0 Å². The molecule has 1 N–H and O–H groups in total. The number of hydrogen-bond acceptors (Lipinski definition) is 6. The van der Waals surface area contributed by atoms with E-state index in [1.54, 1.807) is 11.0 Å². The zero-order chi connectivity index (χ0) is 19.2. The standard InChI is InChI=1S/C20H33N5O3/c26-20(8-5-9-25-15-21-14-22-25)23-16-12-27-18-10-24(11-19(18)28-13-16)17-6-3-1-2-4-7-17/h14-19H,1-13H2,(H,23,26)/t18-,19-/m0/s1. The van der Waals surface area contributed by atoms with Crippen molar-refractivity contribution in [3.05, 3.63) is 12.7 Å². The maximum absolute atomic E-state index is 12.2. The molecule has 1 aromatic rings. The Bertz CT molecular complexity index is 587. The lowest BCUT2D eigenvalue weighted by Crippen LogP contribution is -2.41. The van der Waals surface area contributed by atoms with Crippen LogP contribution >= 0.6 is 0 Å². The molecule has 1 aliphatic carbocycles. The highest BCUT2D eigenvalue weighted by Gasteiger charge is 2.39. The van der Waals surface area contributed by atoms with Gasteiger partial charge in [0, 0.05) is 32.1 Å². The van der Waals surface area contributed by atoms with Crippen molar-refractivity contribution in [2.75, 3.05) is 26.3 Å². The van der Waals surface area contributed by atoms with Crippen LogP contribution in [0.1, 0.15) is 51.4 Å². The Morgan fingerprint density at radius 3 is 2.43 bits per heavy atom. The van der Waals surface area contributed by atoms with Crippen molar-refractivity contribution in [3.8, 4) is 0 Å². The first kappa shape index (κ1) is 19.8. The SMILES string of the molecule is O=C(CCCn1cncn1)NC1CO[C@H]2CN(C3CCCCCC3)C[C@@H]2OC1. The number of aromatic nitrogens is 3. The monoisotopic (exact) mass is 391 g/mol. The Morgan fingerprint density at radius 2 is 1.79 bits per heavy atom. The van der Waals surface area contributed by atoms with E-state index in [-0.39, 0.29) is 24.2 Å². The van der Waals surface area contributed by atoms with Gasteiger partial charge in [-0.3, -0.25) is 14.4 Å². The summed E-state index contributed by atoms with van der Waals surface area (Å²) in [6.07, 6.45) is 12.7. The Labute approximate surface area is 167 Å². The predicted octanol–water partition coefficient (Wildman–Crippen LogP) is 1.37. The van der Waals surface area contributed by atoms with Gasteiger partial charge in [-0.05, 0) is 19.3 Å². The molecular weight excluding hydrogens is 358 g/mol. The molecule has 2 saturated heterocycles. The third kappa shape index (κ3) is 5.30. The maximum atomic E-state index is 12.2. The predicted molar refractivity (Wildman–Crippen MR) is 104 cm³/mol. The number of nitrogens with zero attached hydrogens (tertiary/aromatic N) is 4. The third-order valence-electron chi connectivity index (χ3n) is 6.23. The average molecular weight is 392 g/mol. The van der Waals surface area contributed by atoms with E-state index in [1.165, 1.54) is 44.9 Å². The molecule has 4 rings (SSSR count). The summed E-state index contributed by atoms with van der Waals surface area (Å²) in [6.45, 7) is 3.71. The van der Waals surface area contributed by atoms with Crippen LogP contribution in [0.2, 0.25) is 0 Å². The Hall–Kier alpha value is -1.51. The second-order valence-electron chi connectivity index (χ2n) is 8.37. The quantitative estimate of drug-likeness (QED) is 0.738. The topological polar surface area (TPSA) is 81.5 Å². The van der Waals surface area contributed by atoms with Crippen molar-refractivity contribution < 1.29 is 14.3 Å². The number of carbonyl (C=O) groups is 1. The molecular formula is C20H33N5O3. The Kier molecular flexibility index (Phi) is 6.93. The molecule has 3 heterocycles. The van der Waals surface area contributed by atoms with E-state index < -0.39 is 0 Å². The molecule has 2 atom stereocenters. The summed E-state index contributed by atoms with van der Waals surface area (Å²) in [4.78, 5) is 18.7. The lowest BCUT2D eigenvalue weighted by molar-refractivity contribution is -0.122. The minimum Gasteiger partial charge on any atom is -0.372 e. The first-order chi connectivity index (χ1) is 13.8. The second kappa shape index (κ2) is 9.80. The number of ether oxygens (including phenoxy) is 2. The normalized spacial score (nSPS) is 27.9. The highest BCUT2D eigenvalue weighted by atomic mass is 16.6. The highest BCUT2D eigenvalue weighted by molar-refractivity contribution is 5.76. The van der Waals surface area contributed by atoms with Gasteiger partial charge >= 0.3 is 0 Å². The highest BCUT2D eigenvalue weighted by Crippen LogP contribution is 2.28. The summed E-state index contributed by atoms with van der Waals surface area (Å²) in [5.74, 6) is 0.0458. The van der Waals surface area contributed by atoms with E-state index in [4.69, 9.17) is 9.47 Å². The fourth-order valence-corrected chi connectivity index (χ4v) is 4.67. The van der Waals surface area contributed by atoms with Gasteiger partial charge in [0.2, 0.25) is 5.91 Å². The molecule has 28 heavy (non-hydrogen) atoms. The number of aryl methyl sites for hydroxylation is 1. The molecule has 8 nitrogen and oxygen atoms in total. The van der Waals surface area contributed by atoms with Crippen LogP contribution in [-0.4, -0.2) is 76.2 Å². The van der Waals surface area contributed by atoms with Crippen molar-refractivity contribution in [2.24, 2.45) is 0 Å². The number of nitrogens with one attached hydrogen (secondary N) is 1. The number of hydrogen-bond donors (Lipinski definition) is 1. The Balaban J connectivity index is 1.17. The van der Waals surface area contributed by atoms with Gasteiger partial charge in [0.1, 0.15) is 12.7 Å². The van der Waals surface area contributed by atoms with Crippen molar-refractivity contribution in [3.63, 3.8) is 0 Å². The molecule has 0 unspecified atom stereocenters. The van der Waals surface area contributed by atoms with E-state index in [1.807, 2.05) is 0 Å². The molecule has 8 heteroatoms. The first-order valence-electron chi connectivity index (χ1n) is 10.9. The summed E-state index contributed by atoms with van der Waals surface area (Å²) >= 11 is 0. The van der Waals surface area contributed by atoms with Crippen LogP contribution < -0.4 is 5.32 Å². The maximum Gasteiger partial charge on any atom is 0.220 e. The second-order valence-corrected chi connectivity index (χ2v) is 8.37. The lowest BCUT2D eigenvalue weighted by Gasteiger charge is -2.27. The molecule has 1 aromatic heterocycles. The molecule has 1 saturated carbocycles. The fraction of sp³-hybridized carbons (Fsp3) is 0.850. The van der Waals surface area contributed by atoms with Gasteiger partial charge in [-0.1, -0.05) is 25.7 Å². The van der Waals surface area contributed by atoms with Crippen molar-refractivity contribution >= 4 is 5.91 Å². The molecule has 2 aliphatic heterocycles. The summed E-state index contributed by atoms with van der Waals surface area (Å²) in [6, 6.07) is 0.637. The Morgan fingerprint density at radius 1 is 1.07 bits per heavy atom. The van der Waals surface area contributed by atoms with Gasteiger partial charge in [0.15, 0.2) is 0 Å². The van der Waals surface area contributed by atoms with E-state index in [0.29, 0.717) is 32.2 Å². The van der Waals surface area contributed by atoms with Crippen LogP contribution in [0.15, 0.2) is 12.7 Å². The first-order valence-corrected chi connectivity index (χ1v) is 10.9. The van der Waals surface area contributed by atoms with Crippen LogP contribution in [0.4, 0.5) is 0 Å². The van der Waals surface area contributed by atoms with Gasteiger partial charge in [-0.2, -0.15) is 5.10 Å². The molecule has 156 valence electrons. The van der Waals surface area contributed by atoms with Gasteiger partial charge in [0.25, 0.3) is 0 Å². The molecule has 0 aromatic carbocycles. The van der Waals surface area contributed by atoms with Gasteiger partial charge in [-0.15, -0.1) is 0 Å². The van der Waals surface area contributed by atoms with Crippen LogP contribution in [0.25, 0.3) is 0 Å². The minimum atomic E-state index is -0.0594. The van der Waals surface area contributed by atoms with E-state index >= 15 is 0 Å². The van der Waals surface area contributed by atoms with Crippen LogP contribution in [-0.2, 0) is 20.8 Å². The summed E-state index contributed by atoms with van der Waals surface area (Å²) in [7, 11) is 0. The molecule has 0 spiro atoms. The summed E-state index contributed by atoms with van der Waals surface area (Å²) in [5, 5.41) is 7.11. The van der Waals surface area contributed by atoms with E-state index in [0.717, 1.165) is 19.5 Å². The largest absolute Gasteiger partial charge is 0.372 e. The molecule has 0 radical (unpaired) electrons. The third-order valence-corrected chi connectivity index (χ3v) is 6.23. The number of fused-ring (bicyclic) bond motifs is 1. The van der Waals surface area contributed by atoms with Crippen LogP contribution in [0, 0.1) is 0 Å². The van der Waals surface area contributed by atoms with E-state index in [9.17, 15) is 4.79 Å². The molecule has 0 bridgehead atoms. The number of likely N-dealkylation sites (tertiary alicyclic amines) is 1. The van der Waals surface area contributed by atoms with Gasteiger partial charge < -0.3 is 14.8 Å². The van der Waals surface area contributed by atoms with Crippen molar-refractivity contribution in [1.82, 2.24) is 25.0 Å². The smallest absolute Gasteiger partial charge is 0.220 e. The zero-order valence-electron chi connectivity index (χ0n) is 16.7. The lowest BCUT2D eigenvalue weighted by atomic mass is 10.1. The van der Waals surface area contributed by atoms with Gasteiger partial charge in [0.05, 0.1) is 31.5 Å². The zero-order valence-corrected chi connectivity index (χ0v) is 16.7. The minimum absolute atomic E-state index is 0.0458. The summed E-state index contributed by atoms with van der Waals surface area (Å²) in [5.41, 5.74) is 0. The average Bonchev–Trinajstić information content (AvgIpc) is 3.21. The molecule has 3 fully saturated rings. The molecule has 3 aliphatic rings.